The minimum Gasteiger partial charge on any atom is -0.394 e. The van der Waals surface area contributed by atoms with Crippen molar-refractivity contribution in [1.82, 2.24) is 4.90 Å². The Labute approximate surface area is 119 Å². The molecule has 0 bridgehead atoms. The maximum atomic E-state index is 12.4. The lowest BCUT2D eigenvalue weighted by atomic mass is 9.80. The van der Waals surface area contributed by atoms with E-state index in [1.165, 1.54) is 0 Å². The lowest BCUT2D eigenvalue weighted by molar-refractivity contribution is -0.144. The minimum absolute atomic E-state index is 0.0112. The van der Waals surface area contributed by atoms with Gasteiger partial charge in [-0.1, -0.05) is 42.5 Å². The molecule has 3 nitrogen and oxygen atoms in total. The number of carbonyl (C=O) groups excluding carboxylic acids is 1. The Morgan fingerprint density at radius 2 is 1.95 bits per heavy atom. The number of nitrogens with zero attached hydrogens (tertiary/aromatic N) is 1. The molecule has 1 amide bonds. The van der Waals surface area contributed by atoms with Crippen LogP contribution in [0.5, 0.6) is 0 Å². The van der Waals surface area contributed by atoms with Crippen molar-refractivity contribution in [1.29, 1.82) is 0 Å². The first kappa shape index (κ1) is 13.4. The summed E-state index contributed by atoms with van der Waals surface area (Å²) in [6.07, 6.45) is 7.97. The molecule has 0 spiro atoms. The highest BCUT2D eigenvalue weighted by atomic mass is 16.3. The van der Waals surface area contributed by atoms with Crippen LogP contribution in [-0.2, 0) is 4.79 Å². The third kappa shape index (κ3) is 2.38. The van der Waals surface area contributed by atoms with E-state index in [4.69, 9.17) is 0 Å². The first-order valence-electron chi connectivity index (χ1n) is 7.43. The molecule has 1 saturated heterocycles. The van der Waals surface area contributed by atoms with Crippen LogP contribution < -0.4 is 0 Å². The van der Waals surface area contributed by atoms with Crippen molar-refractivity contribution in [2.75, 3.05) is 6.61 Å². The van der Waals surface area contributed by atoms with Gasteiger partial charge in [0, 0.05) is 12.5 Å². The molecular weight excluding hydrogens is 250 g/mol. The van der Waals surface area contributed by atoms with E-state index in [0.717, 1.165) is 24.8 Å². The summed E-state index contributed by atoms with van der Waals surface area (Å²) in [7, 11) is 0. The Kier molecular flexibility index (Phi) is 3.88. The van der Waals surface area contributed by atoms with Gasteiger partial charge >= 0.3 is 0 Å². The van der Waals surface area contributed by atoms with E-state index in [0.29, 0.717) is 12.3 Å². The van der Waals surface area contributed by atoms with Gasteiger partial charge in [0.25, 0.3) is 0 Å². The standard InChI is InChI=1S/C17H21NO2/c19-12-16(13-6-2-1-3-7-13)18-15-9-5-4-8-14(15)10-11-17(18)20/h1-7,14-16,19H,8-12H2/t14-,15-,16+/m1/s1. The SMILES string of the molecule is O=C1CC[C@H]2CC=CC[C@H]2N1[C@@H](CO)c1ccccc1. The Morgan fingerprint density at radius 3 is 2.70 bits per heavy atom. The molecule has 1 aromatic carbocycles. The summed E-state index contributed by atoms with van der Waals surface area (Å²) >= 11 is 0. The third-order valence-electron chi connectivity index (χ3n) is 4.59. The fourth-order valence-electron chi connectivity index (χ4n) is 3.56. The number of carbonyl (C=O) groups is 1. The Balaban J connectivity index is 1.92. The molecule has 3 rings (SSSR count). The summed E-state index contributed by atoms with van der Waals surface area (Å²) in [5.74, 6) is 0.736. The van der Waals surface area contributed by atoms with Crippen LogP contribution in [0.2, 0.25) is 0 Å². The van der Waals surface area contributed by atoms with E-state index in [-0.39, 0.29) is 24.6 Å². The molecule has 1 fully saturated rings. The molecule has 1 heterocycles. The van der Waals surface area contributed by atoms with Crippen LogP contribution in [0.1, 0.15) is 37.3 Å². The van der Waals surface area contributed by atoms with E-state index >= 15 is 0 Å². The fourth-order valence-corrected chi connectivity index (χ4v) is 3.56. The maximum absolute atomic E-state index is 12.4. The summed E-state index contributed by atoms with van der Waals surface area (Å²) in [5.41, 5.74) is 1.03. The van der Waals surface area contributed by atoms with Crippen molar-refractivity contribution in [3.05, 3.63) is 48.0 Å². The first-order chi connectivity index (χ1) is 9.81. The van der Waals surface area contributed by atoms with Crippen molar-refractivity contribution in [3.63, 3.8) is 0 Å². The number of hydrogen-bond acceptors (Lipinski definition) is 2. The Morgan fingerprint density at radius 1 is 1.20 bits per heavy atom. The summed E-state index contributed by atoms with van der Waals surface area (Å²) in [6.45, 7) is -0.0112. The number of rotatable bonds is 3. The predicted molar refractivity (Wildman–Crippen MR) is 78.0 cm³/mol. The Bertz CT molecular complexity index is 497. The molecule has 0 aromatic heterocycles. The molecule has 1 aromatic rings. The molecule has 20 heavy (non-hydrogen) atoms. The van der Waals surface area contributed by atoms with Crippen LogP contribution in [0.15, 0.2) is 42.5 Å². The topological polar surface area (TPSA) is 40.5 Å². The van der Waals surface area contributed by atoms with Gasteiger partial charge in [0.15, 0.2) is 0 Å². The molecule has 0 unspecified atom stereocenters. The molecule has 106 valence electrons. The van der Waals surface area contributed by atoms with Gasteiger partial charge in [-0.2, -0.15) is 0 Å². The minimum atomic E-state index is -0.206. The van der Waals surface area contributed by atoms with Crippen LogP contribution in [0.25, 0.3) is 0 Å². The second-order valence-electron chi connectivity index (χ2n) is 5.72. The number of aliphatic hydroxyl groups excluding tert-OH is 1. The zero-order valence-electron chi connectivity index (χ0n) is 11.6. The highest BCUT2D eigenvalue weighted by Gasteiger charge is 2.39. The van der Waals surface area contributed by atoms with Crippen LogP contribution in [0, 0.1) is 5.92 Å². The summed E-state index contributed by atoms with van der Waals surface area (Å²) in [4.78, 5) is 14.4. The van der Waals surface area contributed by atoms with Gasteiger partial charge in [0.2, 0.25) is 5.91 Å². The number of amides is 1. The fraction of sp³-hybridized carbons (Fsp3) is 0.471. The number of hydrogen-bond donors (Lipinski definition) is 1. The quantitative estimate of drug-likeness (QED) is 0.859. The normalized spacial score (nSPS) is 27.2. The molecule has 1 N–H and O–H groups in total. The lowest BCUT2D eigenvalue weighted by Crippen LogP contribution is -2.51. The van der Waals surface area contributed by atoms with E-state index in [1.54, 1.807) is 0 Å². The lowest BCUT2D eigenvalue weighted by Gasteiger charge is -2.46. The van der Waals surface area contributed by atoms with Gasteiger partial charge < -0.3 is 10.0 Å². The summed E-state index contributed by atoms with van der Waals surface area (Å²) in [5, 5.41) is 9.83. The van der Waals surface area contributed by atoms with Crippen LogP contribution in [0.4, 0.5) is 0 Å². The summed E-state index contributed by atoms with van der Waals surface area (Å²) in [6, 6.07) is 9.92. The van der Waals surface area contributed by atoms with Gasteiger partial charge in [0.05, 0.1) is 12.6 Å². The zero-order chi connectivity index (χ0) is 13.9. The van der Waals surface area contributed by atoms with E-state index in [9.17, 15) is 9.90 Å². The maximum Gasteiger partial charge on any atom is 0.223 e. The molecule has 0 saturated carbocycles. The van der Waals surface area contributed by atoms with Gasteiger partial charge in [-0.25, -0.2) is 0 Å². The van der Waals surface area contributed by atoms with Crippen molar-refractivity contribution in [3.8, 4) is 0 Å². The first-order valence-corrected chi connectivity index (χ1v) is 7.43. The third-order valence-corrected chi connectivity index (χ3v) is 4.59. The van der Waals surface area contributed by atoms with Gasteiger partial charge in [-0.3, -0.25) is 4.79 Å². The van der Waals surface area contributed by atoms with Gasteiger partial charge in [0.1, 0.15) is 0 Å². The largest absolute Gasteiger partial charge is 0.394 e. The van der Waals surface area contributed by atoms with Crippen molar-refractivity contribution < 1.29 is 9.90 Å². The smallest absolute Gasteiger partial charge is 0.223 e. The van der Waals surface area contributed by atoms with Crippen LogP contribution in [0.3, 0.4) is 0 Å². The second kappa shape index (κ2) is 5.80. The number of likely N-dealkylation sites (tertiary alicyclic amines) is 1. The van der Waals surface area contributed by atoms with E-state index in [1.807, 2.05) is 35.2 Å². The van der Waals surface area contributed by atoms with E-state index in [2.05, 4.69) is 12.2 Å². The van der Waals surface area contributed by atoms with Crippen molar-refractivity contribution in [2.45, 2.75) is 37.8 Å². The summed E-state index contributed by atoms with van der Waals surface area (Å²) < 4.78 is 0. The molecule has 1 aliphatic heterocycles. The molecule has 3 atom stereocenters. The molecule has 0 radical (unpaired) electrons. The molecule has 3 heteroatoms. The number of aliphatic hydroxyl groups is 1. The predicted octanol–water partition coefficient (Wildman–Crippen LogP) is 2.68. The number of fused-ring (bicyclic) bond motifs is 1. The molecule has 2 aliphatic rings. The highest BCUT2D eigenvalue weighted by molar-refractivity contribution is 5.78. The zero-order valence-corrected chi connectivity index (χ0v) is 11.6. The second-order valence-corrected chi connectivity index (χ2v) is 5.72. The van der Waals surface area contributed by atoms with E-state index < -0.39 is 0 Å². The Hall–Kier alpha value is -1.61. The number of benzene rings is 1. The molecular formula is C17H21NO2. The van der Waals surface area contributed by atoms with Gasteiger partial charge in [-0.05, 0) is 30.7 Å². The number of allylic oxidation sites excluding steroid dienone is 1. The monoisotopic (exact) mass is 271 g/mol. The number of piperidine rings is 1. The average Bonchev–Trinajstić information content (AvgIpc) is 2.51. The van der Waals surface area contributed by atoms with Crippen molar-refractivity contribution in [2.24, 2.45) is 5.92 Å². The average molecular weight is 271 g/mol. The van der Waals surface area contributed by atoms with Crippen LogP contribution in [-0.4, -0.2) is 28.6 Å². The highest BCUT2D eigenvalue weighted by Crippen LogP contribution is 2.37. The molecule has 1 aliphatic carbocycles. The van der Waals surface area contributed by atoms with Crippen LogP contribution >= 0.6 is 0 Å². The van der Waals surface area contributed by atoms with Gasteiger partial charge in [-0.15, -0.1) is 0 Å². The van der Waals surface area contributed by atoms with Crippen molar-refractivity contribution >= 4 is 5.91 Å².